The number of carbonyl (C=O) groups excluding carboxylic acids is 2. The van der Waals surface area contributed by atoms with E-state index in [9.17, 15) is 18.4 Å². The molecule has 2 aromatic carbocycles. The lowest BCUT2D eigenvalue weighted by molar-refractivity contribution is -0.139. The van der Waals surface area contributed by atoms with Crippen LogP contribution >= 0.6 is 11.8 Å². The number of nitrogens with one attached hydrogen (secondary N) is 2. The van der Waals surface area contributed by atoms with E-state index in [0.717, 1.165) is 29.6 Å². The fourth-order valence-corrected chi connectivity index (χ4v) is 3.24. The average Bonchev–Trinajstić information content (AvgIpc) is 2.87. The molecule has 0 saturated heterocycles. The van der Waals surface area contributed by atoms with Gasteiger partial charge in [0.15, 0.2) is 0 Å². The number of hydrogen-bond donors (Lipinski definition) is 2. The molecule has 0 saturated carbocycles. The molecule has 29 heavy (non-hydrogen) atoms. The van der Waals surface area contributed by atoms with Gasteiger partial charge in [0.1, 0.15) is 11.6 Å². The van der Waals surface area contributed by atoms with Crippen molar-refractivity contribution in [1.29, 1.82) is 0 Å². The zero-order valence-electron chi connectivity index (χ0n) is 15.4. The number of methoxy groups -OCH3 is 1. The molecule has 0 radical (unpaired) electrons. The first-order valence-electron chi connectivity index (χ1n) is 8.54. The third-order valence-electron chi connectivity index (χ3n) is 3.85. The summed E-state index contributed by atoms with van der Waals surface area (Å²) in [6.45, 7) is 0. The second-order valence-corrected chi connectivity index (χ2v) is 6.97. The van der Waals surface area contributed by atoms with Gasteiger partial charge in [-0.2, -0.15) is 0 Å². The van der Waals surface area contributed by atoms with Gasteiger partial charge in [-0.25, -0.2) is 13.8 Å². The van der Waals surface area contributed by atoms with Gasteiger partial charge < -0.3 is 15.4 Å². The van der Waals surface area contributed by atoms with Crippen molar-refractivity contribution in [1.82, 2.24) is 0 Å². The van der Waals surface area contributed by atoms with Crippen molar-refractivity contribution in [3.63, 3.8) is 0 Å². The van der Waals surface area contributed by atoms with Gasteiger partial charge in [0.25, 0.3) is 0 Å². The van der Waals surface area contributed by atoms with Crippen LogP contribution in [-0.4, -0.2) is 29.8 Å². The topological polar surface area (TPSA) is 79.8 Å². The Bertz CT molecular complexity index is 1010. The monoisotopic (exact) mass is 417 g/mol. The molecule has 0 atom stereocenters. The molecule has 0 spiro atoms. The van der Waals surface area contributed by atoms with Gasteiger partial charge in [0.05, 0.1) is 41.4 Å². The van der Waals surface area contributed by atoms with Crippen molar-refractivity contribution in [2.24, 2.45) is 4.99 Å². The number of para-hydroxylation sites is 2. The van der Waals surface area contributed by atoms with Crippen LogP contribution in [0.5, 0.6) is 0 Å². The Morgan fingerprint density at radius 2 is 2.00 bits per heavy atom. The zero-order valence-corrected chi connectivity index (χ0v) is 16.2. The second-order valence-electron chi connectivity index (χ2n) is 5.98. The van der Waals surface area contributed by atoms with E-state index in [2.05, 4.69) is 15.6 Å². The highest BCUT2D eigenvalue weighted by Gasteiger charge is 2.16. The zero-order chi connectivity index (χ0) is 20.8. The number of esters is 1. The summed E-state index contributed by atoms with van der Waals surface area (Å²) in [6, 6.07) is 10.2. The maximum absolute atomic E-state index is 13.7. The van der Waals surface area contributed by atoms with Crippen molar-refractivity contribution in [3.8, 4) is 0 Å². The number of thioether (sulfide) groups is 1. The fraction of sp³-hybridized carbons (Fsp3) is 0.150. The average molecular weight is 417 g/mol. The van der Waals surface area contributed by atoms with E-state index >= 15 is 0 Å². The first kappa shape index (κ1) is 20.5. The number of nitrogens with zero attached hydrogens (tertiary/aromatic N) is 1. The molecule has 0 aromatic heterocycles. The third-order valence-corrected chi connectivity index (χ3v) is 4.76. The van der Waals surface area contributed by atoms with Crippen LogP contribution in [0.15, 0.2) is 59.2 Å². The SMILES string of the molecule is COC(=O)CC1=CC(SCC(=O)Nc2ccc(F)cc2F)=Nc2ccccc2N1. The minimum Gasteiger partial charge on any atom is -0.469 e. The first-order chi connectivity index (χ1) is 13.9. The number of carbonyl (C=O) groups is 2. The van der Waals surface area contributed by atoms with Gasteiger partial charge in [0.2, 0.25) is 5.91 Å². The molecule has 6 nitrogen and oxygen atoms in total. The summed E-state index contributed by atoms with van der Waals surface area (Å²) in [5, 5.41) is 6.04. The van der Waals surface area contributed by atoms with Crippen molar-refractivity contribution >= 4 is 45.7 Å². The van der Waals surface area contributed by atoms with Crippen LogP contribution in [0.2, 0.25) is 0 Å². The lowest BCUT2D eigenvalue weighted by Crippen LogP contribution is -2.16. The van der Waals surface area contributed by atoms with Gasteiger partial charge in [-0.15, -0.1) is 0 Å². The Labute approximate surface area is 170 Å². The largest absolute Gasteiger partial charge is 0.469 e. The van der Waals surface area contributed by atoms with E-state index < -0.39 is 23.5 Å². The van der Waals surface area contributed by atoms with E-state index in [-0.39, 0.29) is 17.9 Å². The predicted molar refractivity (Wildman–Crippen MR) is 109 cm³/mol. The molecule has 0 aliphatic carbocycles. The number of amides is 1. The number of halogens is 2. The quantitative estimate of drug-likeness (QED) is 0.712. The molecule has 1 aliphatic rings. The fourth-order valence-electron chi connectivity index (χ4n) is 2.50. The van der Waals surface area contributed by atoms with E-state index in [1.165, 1.54) is 7.11 Å². The van der Waals surface area contributed by atoms with Crippen molar-refractivity contribution in [2.45, 2.75) is 6.42 Å². The predicted octanol–water partition coefficient (Wildman–Crippen LogP) is 4.24. The Hall–Kier alpha value is -3.20. The summed E-state index contributed by atoms with van der Waals surface area (Å²) >= 11 is 1.12. The second kappa shape index (κ2) is 9.33. The molecule has 0 unspecified atom stereocenters. The van der Waals surface area contributed by atoms with Gasteiger partial charge in [-0.05, 0) is 30.3 Å². The number of ether oxygens (including phenoxy) is 1. The highest BCUT2D eigenvalue weighted by molar-refractivity contribution is 8.14. The van der Waals surface area contributed by atoms with Crippen LogP contribution in [0.3, 0.4) is 0 Å². The van der Waals surface area contributed by atoms with Crippen LogP contribution in [-0.2, 0) is 14.3 Å². The van der Waals surface area contributed by atoms with Gasteiger partial charge in [0, 0.05) is 11.8 Å². The molecule has 1 amide bonds. The van der Waals surface area contributed by atoms with Gasteiger partial charge >= 0.3 is 5.97 Å². The maximum Gasteiger partial charge on any atom is 0.311 e. The van der Waals surface area contributed by atoms with Gasteiger partial charge in [-0.1, -0.05) is 23.9 Å². The van der Waals surface area contributed by atoms with Crippen LogP contribution in [0.1, 0.15) is 6.42 Å². The standard InChI is InChI=1S/C20H17F2N3O3S/c1-28-20(27)10-13-9-19(25-17-5-3-2-4-16(17)23-13)29-11-18(26)24-15-7-6-12(21)8-14(15)22/h2-9,23H,10-11H2,1H3,(H,24,26). The molecule has 0 fully saturated rings. The lowest BCUT2D eigenvalue weighted by atomic mass is 10.2. The number of rotatable bonds is 5. The van der Waals surface area contributed by atoms with Crippen LogP contribution in [0, 0.1) is 11.6 Å². The Kier molecular flexibility index (Phi) is 6.61. The van der Waals surface area contributed by atoms with Crippen molar-refractivity contribution in [3.05, 3.63) is 65.9 Å². The Morgan fingerprint density at radius 3 is 2.76 bits per heavy atom. The first-order valence-corrected chi connectivity index (χ1v) is 9.53. The maximum atomic E-state index is 13.7. The highest BCUT2D eigenvalue weighted by Crippen LogP contribution is 2.31. The number of fused-ring (bicyclic) bond motifs is 1. The van der Waals surface area contributed by atoms with E-state index in [1.807, 2.05) is 18.2 Å². The Morgan fingerprint density at radius 1 is 1.21 bits per heavy atom. The van der Waals surface area contributed by atoms with Crippen LogP contribution < -0.4 is 10.6 Å². The summed E-state index contributed by atoms with van der Waals surface area (Å²) < 4.78 is 31.4. The molecule has 1 heterocycles. The van der Waals surface area contributed by atoms with Gasteiger partial charge in [-0.3, -0.25) is 9.59 Å². The number of aliphatic imine (C=N–C) groups is 1. The number of benzene rings is 2. The van der Waals surface area contributed by atoms with Crippen molar-refractivity contribution in [2.75, 3.05) is 23.5 Å². The summed E-state index contributed by atoms with van der Waals surface area (Å²) in [5.41, 5.74) is 1.83. The Balaban J connectivity index is 1.73. The van der Waals surface area contributed by atoms with E-state index in [4.69, 9.17) is 4.74 Å². The molecule has 1 aliphatic heterocycles. The minimum absolute atomic E-state index is 0.0113. The summed E-state index contributed by atoms with van der Waals surface area (Å²) in [4.78, 5) is 28.3. The summed E-state index contributed by atoms with van der Waals surface area (Å²) in [6.07, 6.45) is 1.67. The smallest absolute Gasteiger partial charge is 0.311 e. The van der Waals surface area contributed by atoms with Crippen molar-refractivity contribution < 1.29 is 23.1 Å². The number of hydrogen-bond acceptors (Lipinski definition) is 6. The molecule has 3 rings (SSSR count). The molecular formula is C20H17F2N3O3S. The highest BCUT2D eigenvalue weighted by atomic mass is 32.2. The normalized spacial score (nSPS) is 12.7. The molecule has 0 bridgehead atoms. The minimum atomic E-state index is -0.853. The molecular weight excluding hydrogens is 400 g/mol. The van der Waals surface area contributed by atoms with Crippen LogP contribution in [0.4, 0.5) is 25.8 Å². The van der Waals surface area contributed by atoms with Crippen LogP contribution in [0.25, 0.3) is 0 Å². The molecule has 2 aromatic rings. The molecule has 150 valence electrons. The molecule has 2 N–H and O–H groups in total. The van der Waals surface area contributed by atoms with E-state index in [1.54, 1.807) is 12.1 Å². The molecule has 9 heteroatoms. The summed E-state index contributed by atoms with van der Waals surface area (Å²) in [5.74, 6) is -2.53. The summed E-state index contributed by atoms with van der Waals surface area (Å²) in [7, 11) is 1.30. The third kappa shape index (κ3) is 5.64. The lowest BCUT2D eigenvalue weighted by Gasteiger charge is -2.09. The number of anilines is 2. The van der Waals surface area contributed by atoms with E-state index in [0.29, 0.717) is 22.5 Å².